The summed E-state index contributed by atoms with van der Waals surface area (Å²) >= 11 is 0. The first kappa shape index (κ1) is 31.5. The van der Waals surface area contributed by atoms with Crippen LogP contribution in [-0.4, -0.2) is 19.5 Å². The topological polar surface area (TPSA) is 69.9 Å². The Kier molecular flexibility index (Phi) is 6.83. The third kappa shape index (κ3) is 4.87. The molecule has 8 aromatic carbocycles. The van der Waals surface area contributed by atoms with E-state index in [0.29, 0.717) is 17.5 Å². The number of fused-ring (bicyclic) bond motifs is 9. The molecule has 0 bridgehead atoms. The summed E-state index contributed by atoms with van der Waals surface area (Å²) in [5, 5.41) is 6.33. The Morgan fingerprint density at radius 3 is 1.75 bits per heavy atom. The van der Waals surface area contributed by atoms with Crippen molar-refractivity contribution in [2.45, 2.75) is 0 Å². The predicted octanol–water partition coefficient (Wildman–Crippen LogP) is 13.4. The van der Waals surface area contributed by atoms with Crippen LogP contribution in [0.25, 0.3) is 117 Å². The van der Waals surface area contributed by atoms with Crippen molar-refractivity contribution in [1.29, 1.82) is 0 Å². The quantitative estimate of drug-likeness (QED) is 0.176. The maximum atomic E-state index is 6.56. The highest BCUT2D eigenvalue weighted by atomic mass is 16.3. The maximum Gasteiger partial charge on any atom is 0.166 e. The van der Waals surface area contributed by atoms with Gasteiger partial charge in [-0.15, -0.1) is 0 Å². The van der Waals surface area contributed by atoms with Crippen LogP contribution in [0.15, 0.2) is 191 Å². The number of furan rings is 2. The van der Waals surface area contributed by atoms with Crippen molar-refractivity contribution < 1.29 is 8.83 Å². The molecule has 6 heteroatoms. The summed E-state index contributed by atoms with van der Waals surface area (Å²) in [6.07, 6.45) is 0. The first-order valence-electron chi connectivity index (χ1n) is 19.0. The summed E-state index contributed by atoms with van der Waals surface area (Å²) in [7, 11) is 0. The average molecular weight is 731 g/mol. The lowest BCUT2D eigenvalue weighted by molar-refractivity contribution is 0.668. The summed E-state index contributed by atoms with van der Waals surface area (Å²) in [6, 6.07) is 62.6. The van der Waals surface area contributed by atoms with Crippen molar-refractivity contribution in [3.05, 3.63) is 182 Å². The summed E-state index contributed by atoms with van der Waals surface area (Å²) in [6.45, 7) is 0. The van der Waals surface area contributed by atoms with Crippen molar-refractivity contribution in [2.24, 2.45) is 0 Å². The molecule has 0 aliphatic carbocycles. The van der Waals surface area contributed by atoms with E-state index < -0.39 is 0 Å². The number of benzene rings is 8. The zero-order valence-corrected chi connectivity index (χ0v) is 30.4. The minimum atomic E-state index is 0.576. The van der Waals surface area contributed by atoms with Crippen LogP contribution >= 0.6 is 0 Å². The highest BCUT2D eigenvalue weighted by Gasteiger charge is 2.23. The number of hydrogen-bond donors (Lipinski definition) is 0. The monoisotopic (exact) mass is 730 g/mol. The van der Waals surface area contributed by atoms with E-state index in [-0.39, 0.29) is 0 Å². The summed E-state index contributed by atoms with van der Waals surface area (Å²) < 4.78 is 15.2. The fourth-order valence-corrected chi connectivity index (χ4v) is 8.55. The van der Waals surface area contributed by atoms with Gasteiger partial charge in [-0.2, -0.15) is 0 Å². The van der Waals surface area contributed by atoms with Crippen LogP contribution in [-0.2, 0) is 0 Å². The molecule has 0 spiro atoms. The molecule has 266 valence electrons. The van der Waals surface area contributed by atoms with Crippen LogP contribution in [0.2, 0.25) is 0 Å². The molecule has 12 rings (SSSR count). The highest BCUT2D eigenvalue weighted by Crippen LogP contribution is 2.43. The van der Waals surface area contributed by atoms with Gasteiger partial charge in [0.25, 0.3) is 0 Å². The summed E-state index contributed by atoms with van der Waals surface area (Å²) in [5.74, 6) is 1.75. The third-order valence-corrected chi connectivity index (χ3v) is 11.1. The molecule has 0 amide bonds. The van der Waals surface area contributed by atoms with Crippen molar-refractivity contribution >= 4 is 65.7 Å². The van der Waals surface area contributed by atoms with E-state index in [2.05, 4.69) is 120 Å². The molecular weight excluding hydrogens is 701 g/mol. The van der Waals surface area contributed by atoms with Crippen LogP contribution in [0.3, 0.4) is 0 Å². The molecule has 57 heavy (non-hydrogen) atoms. The van der Waals surface area contributed by atoms with Gasteiger partial charge in [-0.3, -0.25) is 0 Å². The predicted molar refractivity (Wildman–Crippen MR) is 230 cm³/mol. The molecule has 0 fully saturated rings. The van der Waals surface area contributed by atoms with E-state index in [4.69, 9.17) is 23.8 Å². The van der Waals surface area contributed by atoms with E-state index in [1.165, 1.54) is 0 Å². The van der Waals surface area contributed by atoms with E-state index in [9.17, 15) is 0 Å². The normalized spacial score (nSPS) is 11.9. The molecule has 0 radical (unpaired) electrons. The Labute approximate surface area is 325 Å². The lowest BCUT2D eigenvalue weighted by Crippen LogP contribution is -2.02. The van der Waals surface area contributed by atoms with E-state index >= 15 is 0 Å². The van der Waals surface area contributed by atoms with E-state index in [0.717, 1.165) is 99.2 Å². The number of hydrogen-bond acceptors (Lipinski definition) is 5. The molecule has 4 heterocycles. The molecular formula is C51H30N4O2. The van der Waals surface area contributed by atoms with Crippen LogP contribution in [0, 0.1) is 0 Å². The van der Waals surface area contributed by atoms with Gasteiger partial charge < -0.3 is 13.4 Å². The fraction of sp³-hybridized carbons (Fsp3) is 0. The van der Waals surface area contributed by atoms with Gasteiger partial charge in [0.1, 0.15) is 22.3 Å². The Morgan fingerprint density at radius 1 is 0.351 bits per heavy atom. The van der Waals surface area contributed by atoms with Gasteiger partial charge in [-0.25, -0.2) is 15.0 Å². The molecule has 12 aromatic rings. The molecule has 0 unspecified atom stereocenters. The van der Waals surface area contributed by atoms with Crippen molar-refractivity contribution in [2.75, 3.05) is 0 Å². The van der Waals surface area contributed by atoms with Crippen molar-refractivity contribution in [3.63, 3.8) is 0 Å². The molecule has 6 nitrogen and oxygen atoms in total. The Morgan fingerprint density at radius 2 is 0.930 bits per heavy atom. The van der Waals surface area contributed by atoms with E-state index in [1.54, 1.807) is 0 Å². The third-order valence-electron chi connectivity index (χ3n) is 11.1. The van der Waals surface area contributed by atoms with Gasteiger partial charge >= 0.3 is 0 Å². The first-order chi connectivity index (χ1) is 28.3. The Hall–Kier alpha value is -7.83. The Balaban J connectivity index is 1.17. The highest BCUT2D eigenvalue weighted by molar-refractivity contribution is 6.17. The molecule has 0 aliphatic rings. The largest absolute Gasteiger partial charge is 0.456 e. The van der Waals surface area contributed by atoms with Crippen molar-refractivity contribution in [1.82, 2.24) is 19.5 Å². The second kappa shape index (κ2) is 12.3. The second-order valence-electron chi connectivity index (χ2n) is 14.3. The van der Waals surface area contributed by atoms with Crippen LogP contribution < -0.4 is 0 Å². The fourth-order valence-electron chi connectivity index (χ4n) is 8.55. The van der Waals surface area contributed by atoms with Crippen LogP contribution in [0.4, 0.5) is 0 Å². The molecule has 4 aromatic heterocycles. The Bertz CT molecular complexity index is 3530. The van der Waals surface area contributed by atoms with Crippen molar-refractivity contribution in [3.8, 4) is 51.0 Å². The smallest absolute Gasteiger partial charge is 0.166 e. The SMILES string of the molecule is c1ccc(-c2ccc3oc4cccc(-n5c6ccccc6c6cccc(-c7nc(-c8ccccc8)nc(-c8cccc9oc%10ccccc%10c89)n7)c65)c4c3c2)cc1. The van der Waals surface area contributed by atoms with Crippen LogP contribution in [0.5, 0.6) is 0 Å². The average Bonchev–Trinajstić information content (AvgIpc) is 3.96. The van der Waals surface area contributed by atoms with Gasteiger partial charge in [0.15, 0.2) is 17.5 Å². The zero-order chi connectivity index (χ0) is 37.5. The maximum absolute atomic E-state index is 6.56. The lowest BCUT2D eigenvalue weighted by Gasteiger charge is -2.14. The minimum Gasteiger partial charge on any atom is -0.456 e. The summed E-state index contributed by atoms with van der Waals surface area (Å²) in [4.78, 5) is 15.8. The minimum absolute atomic E-state index is 0.576. The molecule has 0 saturated carbocycles. The summed E-state index contributed by atoms with van der Waals surface area (Å²) in [5.41, 5.74) is 11.3. The number of para-hydroxylation sites is 3. The van der Waals surface area contributed by atoms with Gasteiger partial charge in [-0.05, 0) is 59.7 Å². The second-order valence-corrected chi connectivity index (χ2v) is 14.3. The number of nitrogens with zero attached hydrogens (tertiary/aromatic N) is 4. The van der Waals surface area contributed by atoms with Gasteiger partial charge in [0.2, 0.25) is 0 Å². The van der Waals surface area contributed by atoms with Gasteiger partial charge in [0.05, 0.1) is 22.1 Å². The molecule has 0 N–H and O–H groups in total. The van der Waals surface area contributed by atoms with Gasteiger partial charge in [-0.1, -0.05) is 133 Å². The lowest BCUT2D eigenvalue weighted by atomic mass is 10.0. The first-order valence-corrected chi connectivity index (χ1v) is 19.0. The van der Waals surface area contributed by atoms with Crippen LogP contribution in [0.1, 0.15) is 0 Å². The molecule has 0 aliphatic heterocycles. The molecule has 0 saturated heterocycles. The molecule has 0 atom stereocenters. The van der Waals surface area contributed by atoms with Gasteiger partial charge in [0, 0.05) is 43.6 Å². The van der Waals surface area contributed by atoms with E-state index in [1.807, 2.05) is 66.7 Å². The number of aromatic nitrogens is 4. The zero-order valence-electron chi connectivity index (χ0n) is 30.4. The standard InChI is InChI=1S/C51H30N4O2/c1-3-14-31(15-4-1)33-28-29-43-39(30-33)47-41(24-13-27-45(47)57-43)55-40-23-9-7-18-34(40)35-20-11-22-38(48(35)55)51-53-49(32-16-5-2-6-17-32)52-50(54-51)37-21-12-26-44-46(37)36-19-8-10-25-42(36)56-44/h1-30H. The number of rotatable bonds is 5.